The van der Waals surface area contributed by atoms with Gasteiger partial charge in [-0.05, 0) is 37.3 Å². The molecule has 0 unspecified atom stereocenters. The van der Waals surface area contributed by atoms with Crippen molar-refractivity contribution >= 4 is 22.4 Å². The molecule has 0 fully saturated rings. The first-order valence-electron chi connectivity index (χ1n) is 6.19. The summed E-state index contributed by atoms with van der Waals surface area (Å²) in [6.07, 6.45) is -2.73. The number of anilines is 2. The Morgan fingerprint density at radius 2 is 1.81 bits per heavy atom. The van der Waals surface area contributed by atoms with Gasteiger partial charge in [0, 0.05) is 11.9 Å². The van der Waals surface area contributed by atoms with E-state index in [2.05, 4.69) is 20.5 Å². The van der Waals surface area contributed by atoms with Crippen molar-refractivity contribution < 1.29 is 13.2 Å². The number of benzene rings is 1. The monoisotopic (exact) mass is 292 g/mol. The topological polar surface area (TPSA) is 53.6 Å². The van der Waals surface area contributed by atoms with E-state index in [0.29, 0.717) is 11.5 Å². The van der Waals surface area contributed by atoms with Crippen molar-refractivity contribution in [3.05, 3.63) is 47.8 Å². The smallest absolute Gasteiger partial charge is 0.340 e. The molecule has 7 heteroatoms. The normalized spacial score (nSPS) is 11.8. The predicted molar refractivity (Wildman–Crippen MR) is 73.4 cm³/mol. The Morgan fingerprint density at radius 1 is 1.10 bits per heavy atom. The fraction of sp³-hybridized carbons (Fsp3) is 0.143. The first-order chi connectivity index (χ1) is 9.95. The molecule has 2 heterocycles. The summed E-state index contributed by atoms with van der Waals surface area (Å²) < 4.78 is 37.6. The SMILES string of the molecule is Cc1n[nH]c2ccnc(Nc3ccc(C(F)(F)F)cc3)c12. The van der Waals surface area contributed by atoms with E-state index in [9.17, 15) is 13.2 Å². The number of H-pyrrole nitrogens is 1. The minimum atomic E-state index is -4.34. The Kier molecular flexibility index (Phi) is 3.04. The molecule has 0 radical (unpaired) electrons. The lowest BCUT2D eigenvalue weighted by Crippen LogP contribution is -2.04. The summed E-state index contributed by atoms with van der Waals surface area (Å²) in [5.74, 6) is 0.554. The van der Waals surface area contributed by atoms with E-state index in [0.717, 1.165) is 28.7 Å². The van der Waals surface area contributed by atoms with Crippen molar-refractivity contribution in [2.45, 2.75) is 13.1 Å². The van der Waals surface area contributed by atoms with Gasteiger partial charge in [0.15, 0.2) is 0 Å². The summed E-state index contributed by atoms with van der Waals surface area (Å²) in [5, 5.41) is 10.8. The largest absolute Gasteiger partial charge is 0.416 e. The summed E-state index contributed by atoms with van der Waals surface area (Å²) in [5.41, 5.74) is 1.44. The lowest BCUT2D eigenvalue weighted by atomic mass is 10.2. The fourth-order valence-corrected chi connectivity index (χ4v) is 2.10. The van der Waals surface area contributed by atoms with Gasteiger partial charge in [0.05, 0.1) is 22.2 Å². The Balaban J connectivity index is 1.94. The van der Waals surface area contributed by atoms with Gasteiger partial charge in [-0.15, -0.1) is 0 Å². The quantitative estimate of drug-likeness (QED) is 0.749. The van der Waals surface area contributed by atoms with Gasteiger partial charge < -0.3 is 5.32 Å². The second kappa shape index (κ2) is 4.76. The molecule has 3 rings (SSSR count). The lowest BCUT2D eigenvalue weighted by molar-refractivity contribution is -0.137. The van der Waals surface area contributed by atoms with Gasteiger partial charge in [0.25, 0.3) is 0 Å². The van der Waals surface area contributed by atoms with E-state index in [1.54, 1.807) is 12.3 Å². The fourth-order valence-electron chi connectivity index (χ4n) is 2.10. The van der Waals surface area contributed by atoms with E-state index in [-0.39, 0.29) is 0 Å². The van der Waals surface area contributed by atoms with Crippen LogP contribution in [-0.2, 0) is 6.18 Å². The molecule has 0 aliphatic heterocycles. The first-order valence-corrected chi connectivity index (χ1v) is 6.19. The standard InChI is InChI=1S/C14H11F3N4/c1-8-12-11(21-20-8)6-7-18-13(12)19-10-4-2-9(3-5-10)14(15,16)17/h2-7H,1H3,(H,18,19)(H,20,21). The number of nitrogens with zero attached hydrogens (tertiary/aromatic N) is 2. The first kappa shape index (κ1) is 13.4. The zero-order valence-corrected chi connectivity index (χ0v) is 11.0. The van der Waals surface area contributed by atoms with E-state index in [4.69, 9.17) is 0 Å². The molecule has 2 N–H and O–H groups in total. The summed E-state index contributed by atoms with van der Waals surface area (Å²) in [6, 6.07) is 6.60. The van der Waals surface area contributed by atoms with E-state index in [1.807, 2.05) is 6.92 Å². The molecule has 1 aromatic carbocycles. The van der Waals surface area contributed by atoms with Gasteiger partial charge in [-0.2, -0.15) is 18.3 Å². The van der Waals surface area contributed by atoms with Gasteiger partial charge in [0.1, 0.15) is 5.82 Å². The lowest BCUT2D eigenvalue weighted by Gasteiger charge is -2.09. The molecule has 4 nitrogen and oxygen atoms in total. The molecule has 0 aliphatic rings. The molecule has 21 heavy (non-hydrogen) atoms. The van der Waals surface area contributed by atoms with Crippen LogP contribution in [0.15, 0.2) is 36.5 Å². The molecule has 0 saturated carbocycles. The van der Waals surface area contributed by atoms with E-state index < -0.39 is 11.7 Å². The Bertz CT molecular complexity index is 775. The van der Waals surface area contributed by atoms with Gasteiger partial charge in [-0.3, -0.25) is 5.10 Å². The molecule has 0 atom stereocenters. The number of hydrogen-bond donors (Lipinski definition) is 2. The van der Waals surface area contributed by atoms with Crippen LogP contribution in [0.4, 0.5) is 24.7 Å². The Hall–Kier alpha value is -2.57. The summed E-state index contributed by atoms with van der Waals surface area (Å²) in [7, 11) is 0. The number of aromatic amines is 1. The second-order valence-electron chi connectivity index (χ2n) is 4.59. The number of aromatic nitrogens is 3. The van der Waals surface area contributed by atoms with Crippen LogP contribution < -0.4 is 5.32 Å². The van der Waals surface area contributed by atoms with Crippen molar-refractivity contribution in [1.82, 2.24) is 15.2 Å². The number of aryl methyl sites for hydroxylation is 1. The third kappa shape index (κ3) is 2.54. The van der Waals surface area contributed by atoms with Gasteiger partial charge in [-0.25, -0.2) is 4.98 Å². The zero-order chi connectivity index (χ0) is 15.0. The molecule has 3 aromatic rings. The van der Waals surface area contributed by atoms with Crippen molar-refractivity contribution in [2.75, 3.05) is 5.32 Å². The Labute approximate surface area is 118 Å². The predicted octanol–water partition coefficient (Wildman–Crippen LogP) is 4.03. The number of pyridine rings is 1. The van der Waals surface area contributed by atoms with Crippen LogP contribution in [0, 0.1) is 6.92 Å². The third-order valence-corrected chi connectivity index (χ3v) is 3.13. The summed E-state index contributed by atoms with van der Waals surface area (Å²) >= 11 is 0. The van der Waals surface area contributed by atoms with Crippen LogP contribution in [0.3, 0.4) is 0 Å². The summed E-state index contributed by atoms with van der Waals surface area (Å²) in [6.45, 7) is 1.83. The highest BCUT2D eigenvalue weighted by Gasteiger charge is 2.29. The van der Waals surface area contributed by atoms with Gasteiger partial charge in [0.2, 0.25) is 0 Å². The maximum Gasteiger partial charge on any atom is 0.416 e. The molecule has 0 amide bonds. The molecule has 0 aliphatic carbocycles. The molecule has 0 saturated heterocycles. The second-order valence-corrected chi connectivity index (χ2v) is 4.59. The highest BCUT2D eigenvalue weighted by molar-refractivity contribution is 5.92. The molecular weight excluding hydrogens is 281 g/mol. The number of nitrogens with one attached hydrogen (secondary N) is 2. The van der Waals surface area contributed by atoms with Crippen LogP contribution in [0.2, 0.25) is 0 Å². The van der Waals surface area contributed by atoms with Crippen LogP contribution in [0.25, 0.3) is 10.9 Å². The van der Waals surface area contributed by atoms with Crippen LogP contribution in [0.1, 0.15) is 11.3 Å². The average molecular weight is 292 g/mol. The van der Waals surface area contributed by atoms with Crippen molar-refractivity contribution in [3.63, 3.8) is 0 Å². The number of alkyl halides is 3. The molecular formula is C14H11F3N4. The zero-order valence-electron chi connectivity index (χ0n) is 11.0. The average Bonchev–Trinajstić information content (AvgIpc) is 2.81. The van der Waals surface area contributed by atoms with Gasteiger partial charge in [-0.1, -0.05) is 0 Å². The van der Waals surface area contributed by atoms with E-state index >= 15 is 0 Å². The van der Waals surface area contributed by atoms with Crippen LogP contribution in [-0.4, -0.2) is 15.2 Å². The van der Waals surface area contributed by atoms with Crippen molar-refractivity contribution in [1.29, 1.82) is 0 Å². The van der Waals surface area contributed by atoms with E-state index in [1.165, 1.54) is 12.1 Å². The minimum absolute atomic E-state index is 0.531. The number of rotatable bonds is 2. The van der Waals surface area contributed by atoms with Crippen molar-refractivity contribution in [3.8, 4) is 0 Å². The maximum absolute atomic E-state index is 12.5. The maximum atomic E-state index is 12.5. The number of halogens is 3. The molecule has 0 spiro atoms. The number of hydrogen-bond acceptors (Lipinski definition) is 3. The van der Waals surface area contributed by atoms with Crippen molar-refractivity contribution in [2.24, 2.45) is 0 Å². The molecule has 108 valence electrons. The highest BCUT2D eigenvalue weighted by atomic mass is 19.4. The molecule has 0 bridgehead atoms. The van der Waals surface area contributed by atoms with Gasteiger partial charge >= 0.3 is 6.18 Å². The molecule has 2 aromatic heterocycles. The Morgan fingerprint density at radius 3 is 2.48 bits per heavy atom. The third-order valence-electron chi connectivity index (χ3n) is 3.13. The number of fused-ring (bicyclic) bond motifs is 1. The highest BCUT2D eigenvalue weighted by Crippen LogP contribution is 2.31. The van der Waals surface area contributed by atoms with Crippen LogP contribution >= 0.6 is 0 Å². The summed E-state index contributed by atoms with van der Waals surface area (Å²) in [4.78, 5) is 4.21. The van der Waals surface area contributed by atoms with Crippen LogP contribution in [0.5, 0.6) is 0 Å². The minimum Gasteiger partial charge on any atom is -0.340 e.